The lowest BCUT2D eigenvalue weighted by Crippen LogP contribution is -2.24. The van der Waals surface area contributed by atoms with E-state index in [1.165, 1.54) is 0 Å². The standard InChI is InChI=1S/C21H22N2O2/c1-25-20-12-10-18(11-13-20)23(19-9-5-8-17(22)14-19)15-21(24)16-6-3-2-4-7-16/h2-14,21,24H,15,22H2,1H3. The molecule has 1 atom stereocenters. The summed E-state index contributed by atoms with van der Waals surface area (Å²) in [5.74, 6) is 0.792. The van der Waals surface area contributed by atoms with Gasteiger partial charge in [0.15, 0.2) is 0 Å². The van der Waals surface area contributed by atoms with Gasteiger partial charge in [-0.05, 0) is 48.0 Å². The Balaban J connectivity index is 1.93. The van der Waals surface area contributed by atoms with Crippen LogP contribution in [0.15, 0.2) is 78.9 Å². The van der Waals surface area contributed by atoms with E-state index in [2.05, 4.69) is 0 Å². The number of aliphatic hydroxyl groups excluding tert-OH is 1. The predicted molar refractivity (Wildman–Crippen MR) is 102 cm³/mol. The van der Waals surface area contributed by atoms with Crippen LogP contribution < -0.4 is 15.4 Å². The van der Waals surface area contributed by atoms with E-state index in [1.54, 1.807) is 7.11 Å². The predicted octanol–water partition coefficient (Wildman–Crippen LogP) is 4.15. The molecule has 128 valence electrons. The lowest BCUT2D eigenvalue weighted by atomic mass is 10.1. The van der Waals surface area contributed by atoms with Gasteiger partial charge in [-0.15, -0.1) is 0 Å². The van der Waals surface area contributed by atoms with Crippen molar-refractivity contribution in [2.45, 2.75) is 6.10 Å². The fourth-order valence-corrected chi connectivity index (χ4v) is 2.77. The number of aliphatic hydroxyl groups is 1. The van der Waals surface area contributed by atoms with E-state index in [-0.39, 0.29) is 0 Å². The zero-order valence-corrected chi connectivity index (χ0v) is 14.2. The summed E-state index contributed by atoms with van der Waals surface area (Å²) in [7, 11) is 1.64. The van der Waals surface area contributed by atoms with Crippen LogP contribution in [0.4, 0.5) is 17.1 Å². The van der Waals surface area contributed by atoms with Gasteiger partial charge in [0, 0.05) is 17.1 Å². The van der Waals surface area contributed by atoms with E-state index in [4.69, 9.17) is 10.5 Å². The van der Waals surface area contributed by atoms with Crippen molar-refractivity contribution in [3.63, 3.8) is 0 Å². The van der Waals surface area contributed by atoms with E-state index in [1.807, 2.05) is 83.8 Å². The minimum Gasteiger partial charge on any atom is -0.497 e. The quantitative estimate of drug-likeness (QED) is 0.665. The maximum absolute atomic E-state index is 10.7. The number of hydrogen-bond acceptors (Lipinski definition) is 4. The van der Waals surface area contributed by atoms with Gasteiger partial charge in [0.05, 0.1) is 19.8 Å². The van der Waals surface area contributed by atoms with Gasteiger partial charge >= 0.3 is 0 Å². The number of anilines is 3. The van der Waals surface area contributed by atoms with E-state index < -0.39 is 6.10 Å². The molecule has 0 aliphatic rings. The van der Waals surface area contributed by atoms with E-state index in [0.29, 0.717) is 12.2 Å². The molecule has 1 unspecified atom stereocenters. The Morgan fingerprint density at radius 3 is 2.28 bits per heavy atom. The molecule has 3 N–H and O–H groups in total. The Bertz CT molecular complexity index is 804. The zero-order valence-electron chi connectivity index (χ0n) is 14.2. The summed E-state index contributed by atoms with van der Waals surface area (Å²) in [4.78, 5) is 2.05. The summed E-state index contributed by atoms with van der Waals surface area (Å²) >= 11 is 0. The fourth-order valence-electron chi connectivity index (χ4n) is 2.77. The molecule has 3 aromatic carbocycles. The second-order valence-corrected chi connectivity index (χ2v) is 5.83. The van der Waals surface area contributed by atoms with Gasteiger partial charge in [0.1, 0.15) is 5.75 Å². The number of ether oxygens (including phenoxy) is 1. The largest absolute Gasteiger partial charge is 0.497 e. The fraction of sp³-hybridized carbons (Fsp3) is 0.143. The molecule has 0 aliphatic carbocycles. The highest BCUT2D eigenvalue weighted by Crippen LogP contribution is 2.30. The molecule has 0 saturated heterocycles. The molecule has 0 fully saturated rings. The Hall–Kier alpha value is -2.98. The second-order valence-electron chi connectivity index (χ2n) is 5.83. The molecule has 4 nitrogen and oxygen atoms in total. The summed E-state index contributed by atoms with van der Waals surface area (Å²) in [6.45, 7) is 0.416. The molecular formula is C21H22N2O2. The summed E-state index contributed by atoms with van der Waals surface area (Å²) < 4.78 is 5.24. The van der Waals surface area contributed by atoms with Crippen molar-refractivity contribution in [2.75, 3.05) is 24.3 Å². The van der Waals surface area contributed by atoms with Crippen LogP contribution in [0.3, 0.4) is 0 Å². The van der Waals surface area contributed by atoms with Crippen LogP contribution >= 0.6 is 0 Å². The minimum atomic E-state index is -0.621. The number of rotatable bonds is 6. The van der Waals surface area contributed by atoms with Crippen LogP contribution in [0.2, 0.25) is 0 Å². The average molecular weight is 334 g/mol. The second kappa shape index (κ2) is 7.73. The molecule has 0 amide bonds. The molecule has 25 heavy (non-hydrogen) atoms. The first-order valence-corrected chi connectivity index (χ1v) is 8.17. The van der Waals surface area contributed by atoms with Crippen molar-refractivity contribution in [2.24, 2.45) is 0 Å². The minimum absolute atomic E-state index is 0.416. The number of nitrogens with zero attached hydrogens (tertiary/aromatic N) is 1. The van der Waals surface area contributed by atoms with Gasteiger partial charge in [-0.25, -0.2) is 0 Å². The van der Waals surface area contributed by atoms with Crippen LogP contribution in [-0.2, 0) is 0 Å². The summed E-state index contributed by atoms with van der Waals surface area (Å²) in [5.41, 5.74) is 9.41. The monoisotopic (exact) mass is 334 g/mol. The average Bonchev–Trinajstić information content (AvgIpc) is 2.67. The Kier molecular flexibility index (Phi) is 5.21. The lowest BCUT2D eigenvalue weighted by molar-refractivity contribution is 0.186. The van der Waals surface area contributed by atoms with Crippen LogP contribution in [0, 0.1) is 0 Å². The summed E-state index contributed by atoms with van der Waals surface area (Å²) in [6, 6.07) is 25.1. The van der Waals surface area contributed by atoms with Crippen molar-refractivity contribution < 1.29 is 9.84 Å². The third-order valence-electron chi connectivity index (χ3n) is 4.11. The molecule has 4 heteroatoms. The highest BCUT2D eigenvalue weighted by atomic mass is 16.5. The molecule has 0 radical (unpaired) electrons. The highest BCUT2D eigenvalue weighted by molar-refractivity contribution is 5.67. The normalized spacial score (nSPS) is 11.8. The third kappa shape index (κ3) is 4.11. The summed E-state index contributed by atoms with van der Waals surface area (Å²) in [5, 5.41) is 10.7. The molecule has 0 aliphatic heterocycles. The Morgan fingerprint density at radius 1 is 0.920 bits per heavy atom. The topological polar surface area (TPSA) is 58.7 Å². The maximum Gasteiger partial charge on any atom is 0.119 e. The van der Waals surface area contributed by atoms with E-state index in [0.717, 1.165) is 22.7 Å². The van der Waals surface area contributed by atoms with Crippen molar-refractivity contribution in [1.82, 2.24) is 0 Å². The smallest absolute Gasteiger partial charge is 0.119 e. The van der Waals surface area contributed by atoms with Gasteiger partial charge in [-0.2, -0.15) is 0 Å². The lowest BCUT2D eigenvalue weighted by Gasteiger charge is -2.28. The highest BCUT2D eigenvalue weighted by Gasteiger charge is 2.16. The van der Waals surface area contributed by atoms with Gasteiger partial charge in [0.25, 0.3) is 0 Å². The number of benzene rings is 3. The zero-order chi connectivity index (χ0) is 17.6. The third-order valence-corrected chi connectivity index (χ3v) is 4.11. The summed E-state index contributed by atoms with van der Waals surface area (Å²) in [6.07, 6.45) is -0.621. The first kappa shape index (κ1) is 16.9. The Labute approximate surface area is 148 Å². The maximum atomic E-state index is 10.7. The molecule has 0 aromatic heterocycles. The van der Waals surface area contributed by atoms with Crippen LogP contribution in [-0.4, -0.2) is 18.8 Å². The first-order chi connectivity index (χ1) is 12.2. The van der Waals surface area contributed by atoms with Crippen LogP contribution in [0.5, 0.6) is 5.75 Å². The molecule has 3 rings (SSSR count). The molecule has 0 bridgehead atoms. The molecule has 0 heterocycles. The van der Waals surface area contributed by atoms with Crippen LogP contribution in [0.1, 0.15) is 11.7 Å². The number of methoxy groups -OCH3 is 1. The van der Waals surface area contributed by atoms with Crippen LogP contribution in [0.25, 0.3) is 0 Å². The van der Waals surface area contributed by atoms with Crippen molar-refractivity contribution in [1.29, 1.82) is 0 Å². The first-order valence-electron chi connectivity index (χ1n) is 8.17. The molecule has 0 saturated carbocycles. The van der Waals surface area contributed by atoms with Crippen molar-refractivity contribution in [3.05, 3.63) is 84.4 Å². The number of nitrogens with two attached hydrogens (primary N) is 1. The van der Waals surface area contributed by atoms with Crippen molar-refractivity contribution >= 4 is 17.1 Å². The van der Waals surface area contributed by atoms with E-state index in [9.17, 15) is 5.11 Å². The molecule has 0 spiro atoms. The van der Waals surface area contributed by atoms with Gasteiger partial charge < -0.3 is 20.5 Å². The van der Waals surface area contributed by atoms with E-state index >= 15 is 0 Å². The number of nitrogen functional groups attached to an aromatic ring is 1. The molecular weight excluding hydrogens is 312 g/mol. The van der Waals surface area contributed by atoms with Gasteiger partial charge in [0.2, 0.25) is 0 Å². The SMILES string of the molecule is COc1ccc(N(CC(O)c2ccccc2)c2cccc(N)c2)cc1. The molecule has 3 aromatic rings. The number of hydrogen-bond donors (Lipinski definition) is 2. The van der Waals surface area contributed by atoms with Gasteiger partial charge in [-0.3, -0.25) is 0 Å². The van der Waals surface area contributed by atoms with Gasteiger partial charge in [-0.1, -0.05) is 36.4 Å². The van der Waals surface area contributed by atoms with Crippen molar-refractivity contribution in [3.8, 4) is 5.75 Å². The Morgan fingerprint density at radius 2 is 1.64 bits per heavy atom.